The average molecular weight is 221 g/mol. The Hall–Kier alpha value is -0.830. The summed E-state index contributed by atoms with van der Waals surface area (Å²) in [6.45, 7) is 7.90. The van der Waals surface area contributed by atoms with Crippen molar-refractivity contribution in [2.45, 2.75) is 45.6 Å². The van der Waals surface area contributed by atoms with Crippen LogP contribution in [0.5, 0.6) is 0 Å². The van der Waals surface area contributed by atoms with E-state index in [0.29, 0.717) is 5.92 Å². The second-order valence-electron chi connectivity index (χ2n) is 5.18. The minimum Gasteiger partial charge on any atom is -0.337 e. The van der Waals surface area contributed by atoms with E-state index >= 15 is 0 Å². The molecule has 0 atom stereocenters. The summed E-state index contributed by atoms with van der Waals surface area (Å²) < 4.78 is 2.18. The normalized spacial score (nSPS) is 18.2. The molecule has 0 bridgehead atoms. The number of likely N-dealkylation sites (tertiary alicyclic amines) is 1. The third-order valence-corrected chi connectivity index (χ3v) is 3.40. The summed E-state index contributed by atoms with van der Waals surface area (Å²) in [7, 11) is 2.11. The van der Waals surface area contributed by atoms with Gasteiger partial charge in [0.15, 0.2) is 0 Å². The molecule has 1 aliphatic heterocycles. The number of aryl methyl sites for hydroxylation is 1. The van der Waals surface area contributed by atoms with Crippen molar-refractivity contribution in [3.05, 3.63) is 17.7 Å². The van der Waals surface area contributed by atoms with Gasteiger partial charge in [-0.3, -0.25) is 4.90 Å². The van der Waals surface area contributed by atoms with Gasteiger partial charge in [-0.2, -0.15) is 0 Å². The first-order valence-electron chi connectivity index (χ1n) is 6.41. The molecule has 1 aromatic heterocycles. The van der Waals surface area contributed by atoms with Crippen LogP contribution in [-0.2, 0) is 13.6 Å². The van der Waals surface area contributed by atoms with Gasteiger partial charge >= 0.3 is 0 Å². The summed E-state index contributed by atoms with van der Waals surface area (Å²) in [5.41, 5.74) is 1.22. The van der Waals surface area contributed by atoms with Crippen molar-refractivity contribution in [1.29, 1.82) is 0 Å². The maximum Gasteiger partial charge on any atom is 0.122 e. The van der Waals surface area contributed by atoms with E-state index in [4.69, 9.17) is 4.98 Å². The Morgan fingerprint density at radius 2 is 1.94 bits per heavy atom. The maximum absolute atomic E-state index is 4.72. The van der Waals surface area contributed by atoms with Crippen molar-refractivity contribution in [3.8, 4) is 0 Å². The van der Waals surface area contributed by atoms with E-state index < -0.39 is 0 Å². The molecule has 0 amide bonds. The van der Waals surface area contributed by atoms with Gasteiger partial charge < -0.3 is 4.57 Å². The van der Waals surface area contributed by atoms with Gasteiger partial charge in [0, 0.05) is 13.2 Å². The van der Waals surface area contributed by atoms with E-state index in [-0.39, 0.29) is 0 Å². The van der Waals surface area contributed by atoms with Crippen LogP contribution >= 0.6 is 0 Å². The van der Waals surface area contributed by atoms with Crippen molar-refractivity contribution >= 4 is 0 Å². The Morgan fingerprint density at radius 3 is 2.50 bits per heavy atom. The third kappa shape index (κ3) is 2.64. The highest BCUT2D eigenvalue weighted by molar-refractivity contribution is 5.07. The van der Waals surface area contributed by atoms with Crippen LogP contribution in [0.25, 0.3) is 0 Å². The highest BCUT2D eigenvalue weighted by Crippen LogP contribution is 2.16. The van der Waals surface area contributed by atoms with Gasteiger partial charge in [-0.15, -0.1) is 0 Å². The molecule has 0 aromatic carbocycles. The first-order valence-corrected chi connectivity index (χ1v) is 6.41. The summed E-state index contributed by atoms with van der Waals surface area (Å²) in [5, 5.41) is 0. The quantitative estimate of drug-likeness (QED) is 0.782. The van der Waals surface area contributed by atoms with E-state index in [1.165, 1.54) is 43.9 Å². The van der Waals surface area contributed by atoms with Gasteiger partial charge in [-0.05, 0) is 31.8 Å². The molecule has 0 spiro atoms. The predicted octanol–water partition coefficient (Wildman–Crippen LogP) is 2.53. The van der Waals surface area contributed by atoms with Gasteiger partial charge in [0.2, 0.25) is 0 Å². The number of aromatic nitrogens is 2. The Morgan fingerprint density at radius 1 is 1.25 bits per heavy atom. The fraction of sp³-hybridized carbons (Fsp3) is 0.769. The number of hydrogen-bond donors (Lipinski definition) is 0. The van der Waals surface area contributed by atoms with E-state index in [1.807, 2.05) is 0 Å². The molecule has 1 aromatic rings. The zero-order chi connectivity index (χ0) is 11.5. The summed E-state index contributed by atoms with van der Waals surface area (Å²) >= 11 is 0. The van der Waals surface area contributed by atoms with Crippen molar-refractivity contribution in [1.82, 2.24) is 14.5 Å². The number of hydrogen-bond acceptors (Lipinski definition) is 2. The van der Waals surface area contributed by atoms with Crippen LogP contribution in [0.2, 0.25) is 0 Å². The molecule has 0 N–H and O–H groups in total. The largest absolute Gasteiger partial charge is 0.337 e. The molecule has 0 radical (unpaired) electrons. The smallest absolute Gasteiger partial charge is 0.122 e. The number of imidazole rings is 1. The first-order chi connectivity index (χ1) is 7.66. The molecule has 2 rings (SSSR count). The highest BCUT2D eigenvalue weighted by Gasteiger charge is 2.14. The van der Waals surface area contributed by atoms with Crippen LogP contribution in [0.1, 0.15) is 50.5 Å². The van der Waals surface area contributed by atoms with Crippen LogP contribution in [0.15, 0.2) is 6.20 Å². The molecule has 1 aliphatic rings. The van der Waals surface area contributed by atoms with Crippen LogP contribution < -0.4 is 0 Å². The summed E-state index contributed by atoms with van der Waals surface area (Å²) in [6, 6.07) is 0. The van der Waals surface area contributed by atoms with E-state index in [2.05, 4.69) is 36.6 Å². The van der Waals surface area contributed by atoms with Gasteiger partial charge in [0.1, 0.15) is 5.82 Å². The van der Waals surface area contributed by atoms with E-state index in [0.717, 1.165) is 6.54 Å². The molecule has 1 saturated heterocycles. The van der Waals surface area contributed by atoms with Crippen LogP contribution in [0.3, 0.4) is 0 Å². The zero-order valence-electron chi connectivity index (χ0n) is 10.7. The highest BCUT2D eigenvalue weighted by atomic mass is 15.2. The van der Waals surface area contributed by atoms with Gasteiger partial charge in [-0.1, -0.05) is 20.3 Å². The average Bonchev–Trinajstić information content (AvgIpc) is 2.62. The second kappa shape index (κ2) is 5.00. The predicted molar refractivity (Wildman–Crippen MR) is 66.4 cm³/mol. The number of piperidine rings is 1. The minimum atomic E-state index is 0.529. The van der Waals surface area contributed by atoms with Crippen LogP contribution in [0.4, 0.5) is 0 Å². The van der Waals surface area contributed by atoms with Crippen LogP contribution in [0, 0.1) is 0 Å². The Balaban J connectivity index is 2.02. The minimum absolute atomic E-state index is 0.529. The molecule has 0 unspecified atom stereocenters. The molecule has 3 heteroatoms. The number of rotatable bonds is 3. The lowest BCUT2D eigenvalue weighted by Crippen LogP contribution is -2.30. The van der Waals surface area contributed by atoms with Gasteiger partial charge in [-0.25, -0.2) is 4.98 Å². The Labute approximate surface area is 98.5 Å². The number of nitrogens with zero attached hydrogens (tertiary/aromatic N) is 3. The Bertz CT molecular complexity index is 335. The van der Waals surface area contributed by atoms with Crippen LogP contribution in [-0.4, -0.2) is 27.5 Å². The summed E-state index contributed by atoms with van der Waals surface area (Å²) in [6.07, 6.45) is 6.27. The van der Waals surface area contributed by atoms with Crippen molar-refractivity contribution in [3.63, 3.8) is 0 Å². The molecule has 0 saturated carbocycles. The topological polar surface area (TPSA) is 21.1 Å². The van der Waals surface area contributed by atoms with E-state index in [9.17, 15) is 0 Å². The molecule has 3 nitrogen and oxygen atoms in total. The maximum atomic E-state index is 4.72. The molecular weight excluding hydrogens is 198 g/mol. The van der Waals surface area contributed by atoms with Crippen molar-refractivity contribution in [2.75, 3.05) is 13.1 Å². The monoisotopic (exact) mass is 221 g/mol. The fourth-order valence-corrected chi connectivity index (χ4v) is 2.27. The SMILES string of the molecule is CC(C)c1cn(C)c(CN2CCCCC2)n1. The van der Waals surface area contributed by atoms with Crippen molar-refractivity contribution < 1.29 is 0 Å². The lowest BCUT2D eigenvalue weighted by molar-refractivity contribution is 0.214. The third-order valence-electron chi connectivity index (χ3n) is 3.40. The zero-order valence-corrected chi connectivity index (χ0v) is 10.7. The molecular formula is C13H23N3. The molecule has 0 aliphatic carbocycles. The van der Waals surface area contributed by atoms with E-state index in [1.54, 1.807) is 0 Å². The molecule has 2 heterocycles. The van der Waals surface area contributed by atoms with Crippen molar-refractivity contribution in [2.24, 2.45) is 7.05 Å². The van der Waals surface area contributed by atoms with Gasteiger partial charge in [0.25, 0.3) is 0 Å². The van der Waals surface area contributed by atoms with Gasteiger partial charge in [0.05, 0.1) is 12.2 Å². The lowest BCUT2D eigenvalue weighted by atomic mass is 10.1. The fourth-order valence-electron chi connectivity index (χ4n) is 2.27. The summed E-state index contributed by atoms with van der Waals surface area (Å²) in [4.78, 5) is 7.25. The standard InChI is InChI=1S/C13H23N3/c1-11(2)12-9-15(3)13(14-12)10-16-7-5-4-6-8-16/h9,11H,4-8,10H2,1-3H3. The molecule has 16 heavy (non-hydrogen) atoms. The Kier molecular flexibility index (Phi) is 3.64. The molecule has 1 fully saturated rings. The molecule has 90 valence electrons. The first kappa shape index (κ1) is 11.6. The lowest BCUT2D eigenvalue weighted by Gasteiger charge is -2.25. The summed E-state index contributed by atoms with van der Waals surface area (Å²) in [5.74, 6) is 1.74. The second-order valence-corrected chi connectivity index (χ2v) is 5.18.